The molecule has 0 bridgehead atoms. The van der Waals surface area contributed by atoms with Crippen LogP contribution in [0.5, 0.6) is 0 Å². The van der Waals surface area contributed by atoms with Gasteiger partial charge in [-0.15, -0.1) is 0 Å². The van der Waals surface area contributed by atoms with Crippen molar-refractivity contribution >= 4 is 11.8 Å². The lowest BCUT2D eigenvalue weighted by atomic mass is 10.2. The Morgan fingerprint density at radius 1 is 0.759 bits per heavy atom. The van der Waals surface area contributed by atoms with E-state index in [0.29, 0.717) is 19.8 Å². The average Bonchev–Trinajstić information content (AvgIpc) is 2.71. The molecular weight excluding hydrogens is 372 g/mol. The third kappa shape index (κ3) is 19.9. The zero-order chi connectivity index (χ0) is 21.7. The van der Waals surface area contributed by atoms with Gasteiger partial charge in [-0.25, -0.2) is 0 Å². The number of carbonyl (C=O) groups excluding carboxylic acids is 2. The number of ether oxygens (including phenoxy) is 3. The lowest BCUT2D eigenvalue weighted by molar-refractivity contribution is -0.127. The van der Waals surface area contributed by atoms with E-state index in [1.54, 1.807) is 0 Å². The predicted molar refractivity (Wildman–Crippen MR) is 116 cm³/mol. The maximum atomic E-state index is 11.6. The van der Waals surface area contributed by atoms with Crippen LogP contribution in [0.4, 0.5) is 0 Å². The van der Waals surface area contributed by atoms with E-state index >= 15 is 0 Å². The smallest absolute Gasteiger partial charge is 0.246 e. The highest BCUT2D eigenvalue weighted by Crippen LogP contribution is 1.98. The van der Waals surface area contributed by atoms with Crippen molar-refractivity contribution in [2.45, 2.75) is 78.7 Å². The Bertz CT molecular complexity index is 405. The molecule has 1 unspecified atom stereocenters. The van der Waals surface area contributed by atoms with E-state index in [-0.39, 0.29) is 30.4 Å². The number of amides is 2. The molecule has 0 aliphatic rings. The van der Waals surface area contributed by atoms with E-state index in [1.165, 1.54) is 0 Å². The van der Waals surface area contributed by atoms with Gasteiger partial charge in [0.2, 0.25) is 11.8 Å². The van der Waals surface area contributed by atoms with Crippen molar-refractivity contribution in [3.05, 3.63) is 0 Å². The second-order valence-electron chi connectivity index (χ2n) is 7.67. The zero-order valence-electron chi connectivity index (χ0n) is 19.1. The third-order valence-electron chi connectivity index (χ3n) is 4.52. The number of nitrogens with one attached hydrogen (secondary N) is 2. The molecule has 0 aromatic heterocycles. The van der Waals surface area contributed by atoms with Gasteiger partial charge in [-0.3, -0.25) is 9.59 Å². The Kier molecular flexibility index (Phi) is 19.3. The van der Waals surface area contributed by atoms with Crippen LogP contribution in [0.15, 0.2) is 0 Å². The normalized spacial score (nSPS) is 12.2. The number of hydrogen-bond donors (Lipinski definition) is 2. The van der Waals surface area contributed by atoms with Crippen LogP contribution < -0.4 is 10.6 Å². The second kappa shape index (κ2) is 20.1. The molecule has 7 nitrogen and oxygen atoms in total. The third-order valence-corrected chi connectivity index (χ3v) is 4.52. The van der Waals surface area contributed by atoms with Crippen molar-refractivity contribution in [2.24, 2.45) is 5.92 Å². The summed E-state index contributed by atoms with van der Waals surface area (Å²) in [6.07, 6.45) is 7.06. The van der Waals surface area contributed by atoms with Crippen LogP contribution in [-0.2, 0) is 23.8 Å². The van der Waals surface area contributed by atoms with Crippen molar-refractivity contribution in [3.8, 4) is 0 Å². The summed E-state index contributed by atoms with van der Waals surface area (Å²) in [5.74, 6) is 0.132. The molecule has 0 aromatic carbocycles. The van der Waals surface area contributed by atoms with E-state index in [0.717, 1.165) is 64.7 Å². The fourth-order valence-electron chi connectivity index (χ4n) is 2.36. The summed E-state index contributed by atoms with van der Waals surface area (Å²) in [6, 6.07) is 0. The molecular formula is C22H44N2O5. The van der Waals surface area contributed by atoms with Gasteiger partial charge in [-0.1, -0.05) is 20.8 Å². The summed E-state index contributed by atoms with van der Waals surface area (Å²) in [6.45, 7) is 12.1. The first-order chi connectivity index (χ1) is 14.0. The standard InChI is InChI=1S/C22H44N2O5/c1-5-20(4)29-18-21(25)23-12-8-6-10-14-27-16-17-28-15-11-7-9-13-24-22(26)19(2)3/h19-20H,5-18H2,1-4H3,(H,23,25)(H,24,26). The summed E-state index contributed by atoms with van der Waals surface area (Å²) in [5.41, 5.74) is 0. The summed E-state index contributed by atoms with van der Waals surface area (Å²) in [7, 11) is 0. The van der Waals surface area contributed by atoms with Gasteiger partial charge in [0, 0.05) is 32.2 Å². The molecule has 2 N–H and O–H groups in total. The number of hydrogen-bond acceptors (Lipinski definition) is 5. The van der Waals surface area contributed by atoms with Crippen LogP contribution in [0.3, 0.4) is 0 Å². The molecule has 29 heavy (non-hydrogen) atoms. The quantitative estimate of drug-likeness (QED) is 0.298. The molecule has 0 spiro atoms. The molecule has 0 rings (SSSR count). The number of rotatable bonds is 20. The monoisotopic (exact) mass is 416 g/mol. The Hall–Kier alpha value is -1.18. The average molecular weight is 417 g/mol. The minimum absolute atomic E-state index is 0.0426. The summed E-state index contributed by atoms with van der Waals surface area (Å²) < 4.78 is 16.5. The maximum Gasteiger partial charge on any atom is 0.246 e. The van der Waals surface area contributed by atoms with Crippen LogP contribution >= 0.6 is 0 Å². The van der Waals surface area contributed by atoms with Crippen LogP contribution in [0, 0.1) is 5.92 Å². The summed E-state index contributed by atoms with van der Waals surface area (Å²) in [4.78, 5) is 22.9. The largest absolute Gasteiger partial charge is 0.379 e. The molecule has 0 heterocycles. The Morgan fingerprint density at radius 3 is 1.83 bits per heavy atom. The van der Waals surface area contributed by atoms with E-state index in [9.17, 15) is 9.59 Å². The van der Waals surface area contributed by atoms with Crippen LogP contribution in [0.2, 0.25) is 0 Å². The van der Waals surface area contributed by atoms with Gasteiger partial charge < -0.3 is 24.8 Å². The molecule has 0 saturated heterocycles. The first-order valence-corrected chi connectivity index (χ1v) is 11.3. The molecule has 0 fully saturated rings. The molecule has 0 aliphatic heterocycles. The van der Waals surface area contributed by atoms with Gasteiger partial charge in [0.05, 0.1) is 19.3 Å². The predicted octanol–water partition coefficient (Wildman–Crippen LogP) is 3.06. The lowest BCUT2D eigenvalue weighted by Gasteiger charge is -2.10. The number of carbonyl (C=O) groups is 2. The highest BCUT2D eigenvalue weighted by Gasteiger charge is 2.05. The van der Waals surface area contributed by atoms with E-state index in [2.05, 4.69) is 10.6 Å². The second-order valence-corrected chi connectivity index (χ2v) is 7.67. The highest BCUT2D eigenvalue weighted by atomic mass is 16.5. The summed E-state index contributed by atoms with van der Waals surface area (Å²) >= 11 is 0. The Balaban J connectivity index is 3.19. The molecule has 0 radical (unpaired) electrons. The van der Waals surface area contributed by atoms with Crippen molar-refractivity contribution in [2.75, 3.05) is 46.1 Å². The highest BCUT2D eigenvalue weighted by molar-refractivity contribution is 5.77. The van der Waals surface area contributed by atoms with E-state index < -0.39 is 0 Å². The van der Waals surface area contributed by atoms with Gasteiger partial charge in [0.15, 0.2) is 0 Å². The van der Waals surface area contributed by atoms with Crippen LogP contribution in [0.25, 0.3) is 0 Å². The van der Waals surface area contributed by atoms with Crippen molar-refractivity contribution < 1.29 is 23.8 Å². The minimum atomic E-state index is -0.0426. The van der Waals surface area contributed by atoms with E-state index in [4.69, 9.17) is 14.2 Å². The van der Waals surface area contributed by atoms with Crippen molar-refractivity contribution in [3.63, 3.8) is 0 Å². The molecule has 1 atom stereocenters. The molecule has 0 aromatic rings. The van der Waals surface area contributed by atoms with Gasteiger partial charge in [0.1, 0.15) is 6.61 Å². The van der Waals surface area contributed by atoms with Crippen molar-refractivity contribution in [1.29, 1.82) is 0 Å². The topological polar surface area (TPSA) is 85.9 Å². The first-order valence-electron chi connectivity index (χ1n) is 11.3. The summed E-state index contributed by atoms with van der Waals surface area (Å²) in [5, 5.41) is 5.79. The fraction of sp³-hybridized carbons (Fsp3) is 0.909. The van der Waals surface area contributed by atoms with Gasteiger partial charge >= 0.3 is 0 Å². The van der Waals surface area contributed by atoms with E-state index in [1.807, 2.05) is 27.7 Å². The van der Waals surface area contributed by atoms with Gasteiger partial charge in [0.25, 0.3) is 0 Å². The number of unbranched alkanes of at least 4 members (excludes halogenated alkanes) is 4. The molecule has 0 saturated carbocycles. The lowest BCUT2D eigenvalue weighted by Crippen LogP contribution is -2.29. The van der Waals surface area contributed by atoms with Crippen molar-refractivity contribution in [1.82, 2.24) is 10.6 Å². The molecule has 2 amide bonds. The van der Waals surface area contributed by atoms with Gasteiger partial charge in [-0.2, -0.15) is 0 Å². The zero-order valence-corrected chi connectivity index (χ0v) is 19.1. The van der Waals surface area contributed by atoms with Crippen LogP contribution in [-0.4, -0.2) is 64.0 Å². The molecule has 0 aliphatic carbocycles. The SMILES string of the molecule is CCC(C)OCC(=O)NCCCCCOCCOCCCCCNC(=O)C(C)C. The first kappa shape index (κ1) is 27.8. The minimum Gasteiger partial charge on any atom is -0.379 e. The molecule has 172 valence electrons. The Labute approximate surface area is 177 Å². The Morgan fingerprint density at radius 2 is 1.31 bits per heavy atom. The van der Waals surface area contributed by atoms with Gasteiger partial charge in [-0.05, 0) is 51.9 Å². The van der Waals surface area contributed by atoms with Crippen LogP contribution in [0.1, 0.15) is 72.6 Å². The maximum absolute atomic E-state index is 11.6. The molecule has 7 heteroatoms. The fourth-order valence-corrected chi connectivity index (χ4v) is 2.36.